The summed E-state index contributed by atoms with van der Waals surface area (Å²) in [6, 6.07) is 9.18. The topological polar surface area (TPSA) is 64.5 Å². The van der Waals surface area contributed by atoms with Crippen molar-refractivity contribution in [3.05, 3.63) is 59.2 Å². The standard InChI is InChI=1S/C17H12F4N4/c18-11-2-4-14-15(7-11)25-16(24-14)5-6-23-12-3-1-10(9-22)13(8-12)17(19,20)21/h1-4,7-8,23H,5-6H2,(H,24,25). The maximum absolute atomic E-state index is 13.1. The number of fused-ring (bicyclic) bond motifs is 1. The Labute approximate surface area is 140 Å². The zero-order chi connectivity index (χ0) is 18.0. The lowest BCUT2D eigenvalue weighted by Crippen LogP contribution is -2.10. The van der Waals surface area contributed by atoms with Crippen LogP contribution in [0.2, 0.25) is 0 Å². The molecule has 25 heavy (non-hydrogen) atoms. The molecule has 0 fully saturated rings. The third-order valence-corrected chi connectivity index (χ3v) is 3.63. The molecule has 1 heterocycles. The average Bonchev–Trinajstić information content (AvgIpc) is 2.95. The van der Waals surface area contributed by atoms with Gasteiger partial charge in [0.25, 0.3) is 0 Å². The van der Waals surface area contributed by atoms with E-state index in [1.165, 1.54) is 24.3 Å². The SMILES string of the molecule is N#Cc1ccc(NCCc2nc3ccc(F)cc3[nH]2)cc1C(F)(F)F. The van der Waals surface area contributed by atoms with Crippen molar-refractivity contribution in [2.24, 2.45) is 0 Å². The number of halogens is 4. The van der Waals surface area contributed by atoms with Crippen LogP contribution in [0.25, 0.3) is 11.0 Å². The molecule has 4 nitrogen and oxygen atoms in total. The summed E-state index contributed by atoms with van der Waals surface area (Å²) in [7, 11) is 0. The van der Waals surface area contributed by atoms with E-state index >= 15 is 0 Å². The fourth-order valence-electron chi connectivity index (χ4n) is 2.46. The molecule has 0 unspecified atom stereocenters. The smallest absolute Gasteiger partial charge is 0.385 e. The Kier molecular flexibility index (Phi) is 4.31. The molecule has 0 aliphatic carbocycles. The van der Waals surface area contributed by atoms with Crippen LogP contribution in [0.1, 0.15) is 17.0 Å². The van der Waals surface area contributed by atoms with Gasteiger partial charge in [-0.1, -0.05) is 0 Å². The van der Waals surface area contributed by atoms with Crippen LogP contribution in [0.15, 0.2) is 36.4 Å². The van der Waals surface area contributed by atoms with Gasteiger partial charge < -0.3 is 10.3 Å². The van der Waals surface area contributed by atoms with Crippen LogP contribution < -0.4 is 5.32 Å². The van der Waals surface area contributed by atoms with Crippen molar-refractivity contribution < 1.29 is 17.6 Å². The lowest BCUT2D eigenvalue weighted by Gasteiger charge is -2.12. The number of anilines is 1. The fourth-order valence-corrected chi connectivity index (χ4v) is 2.46. The summed E-state index contributed by atoms with van der Waals surface area (Å²) in [5.41, 5.74) is 0.0481. The highest BCUT2D eigenvalue weighted by molar-refractivity contribution is 5.74. The van der Waals surface area contributed by atoms with Gasteiger partial charge >= 0.3 is 6.18 Å². The van der Waals surface area contributed by atoms with Gasteiger partial charge in [-0.25, -0.2) is 9.37 Å². The summed E-state index contributed by atoms with van der Waals surface area (Å²) < 4.78 is 51.9. The van der Waals surface area contributed by atoms with Crippen LogP contribution >= 0.6 is 0 Å². The second-order valence-electron chi connectivity index (χ2n) is 5.39. The number of aromatic nitrogens is 2. The molecule has 0 aliphatic rings. The molecular weight excluding hydrogens is 336 g/mol. The highest BCUT2D eigenvalue weighted by atomic mass is 19.4. The van der Waals surface area contributed by atoms with Gasteiger partial charge in [-0.05, 0) is 36.4 Å². The minimum Gasteiger partial charge on any atom is -0.385 e. The van der Waals surface area contributed by atoms with Crippen molar-refractivity contribution in [3.63, 3.8) is 0 Å². The van der Waals surface area contributed by atoms with E-state index in [-0.39, 0.29) is 11.5 Å². The molecule has 0 radical (unpaired) electrons. The first-order chi connectivity index (χ1) is 11.9. The van der Waals surface area contributed by atoms with E-state index in [1.54, 1.807) is 6.07 Å². The third kappa shape index (κ3) is 3.71. The molecule has 0 aliphatic heterocycles. The minimum atomic E-state index is -4.59. The molecule has 3 aromatic rings. The van der Waals surface area contributed by atoms with Crippen molar-refractivity contribution in [1.29, 1.82) is 5.26 Å². The summed E-state index contributed by atoms with van der Waals surface area (Å²) in [6.07, 6.45) is -4.18. The van der Waals surface area contributed by atoms with Gasteiger partial charge in [-0.2, -0.15) is 18.4 Å². The average molecular weight is 348 g/mol. The monoisotopic (exact) mass is 348 g/mol. The summed E-state index contributed by atoms with van der Waals surface area (Å²) in [5.74, 6) is 0.218. The number of aromatic amines is 1. The number of rotatable bonds is 4. The van der Waals surface area contributed by atoms with Gasteiger partial charge in [0.2, 0.25) is 0 Å². The van der Waals surface area contributed by atoms with E-state index in [1.807, 2.05) is 0 Å². The first-order valence-corrected chi connectivity index (χ1v) is 7.36. The predicted molar refractivity (Wildman–Crippen MR) is 84.4 cm³/mol. The minimum absolute atomic E-state index is 0.258. The maximum atomic E-state index is 13.1. The van der Waals surface area contributed by atoms with Crippen LogP contribution in [0, 0.1) is 17.1 Å². The van der Waals surface area contributed by atoms with Crippen molar-refractivity contribution in [2.75, 3.05) is 11.9 Å². The number of hydrogen-bond acceptors (Lipinski definition) is 3. The first-order valence-electron chi connectivity index (χ1n) is 7.36. The lowest BCUT2D eigenvalue weighted by molar-refractivity contribution is -0.137. The van der Waals surface area contributed by atoms with Crippen molar-refractivity contribution >= 4 is 16.7 Å². The van der Waals surface area contributed by atoms with Gasteiger partial charge in [0.1, 0.15) is 11.6 Å². The van der Waals surface area contributed by atoms with E-state index in [4.69, 9.17) is 5.26 Å². The summed E-state index contributed by atoms with van der Waals surface area (Å²) in [4.78, 5) is 7.25. The van der Waals surface area contributed by atoms with E-state index in [0.29, 0.717) is 29.8 Å². The van der Waals surface area contributed by atoms with E-state index < -0.39 is 17.3 Å². The zero-order valence-electron chi connectivity index (χ0n) is 12.8. The van der Waals surface area contributed by atoms with Crippen LogP contribution in [-0.2, 0) is 12.6 Å². The highest BCUT2D eigenvalue weighted by Crippen LogP contribution is 2.33. The normalized spacial score (nSPS) is 11.5. The van der Waals surface area contributed by atoms with Crippen LogP contribution in [0.3, 0.4) is 0 Å². The van der Waals surface area contributed by atoms with Crippen LogP contribution in [0.4, 0.5) is 23.2 Å². The molecule has 3 rings (SSSR count). The molecule has 0 spiro atoms. The molecule has 1 aromatic heterocycles. The quantitative estimate of drug-likeness (QED) is 0.693. The van der Waals surface area contributed by atoms with E-state index in [2.05, 4.69) is 15.3 Å². The number of imidazole rings is 1. The molecule has 0 saturated heterocycles. The van der Waals surface area contributed by atoms with Gasteiger partial charge in [-0.15, -0.1) is 0 Å². The Morgan fingerprint density at radius 1 is 1.16 bits per heavy atom. The number of benzene rings is 2. The number of nitriles is 1. The Morgan fingerprint density at radius 2 is 1.96 bits per heavy atom. The van der Waals surface area contributed by atoms with Gasteiger partial charge in [0.15, 0.2) is 0 Å². The Bertz CT molecular complexity index is 953. The van der Waals surface area contributed by atoms with Crippen LogP contribution in [-0.4, -0.2) is 16.5 Å². The number of hydrogen-bond donors (Lipinski definition) is 2. The molecule has 2 aromatic carbocycles. The van der Waals surface area contributed by atoms with Crippen LogP contribution in [0.5, 0.6) is 0 Å². The third-order valence-electron chi connectivity index (χ3n) is 3.63. The Morgan fingerprint density at radius 3 is 2.68 bits per heavy atom. The Hall–Kier alpha value is -3.08. The van der Waals surface area contributed by atoms with Crippen molar-refractivity contribution in [3.8, 4) is 6.07 Å². The fraction of sp³-hybridized carbons (Fsp3) is 0.176. The molecule has 128 valence electrons. The van der Waals surface area contributed by atoms with Crippen molar-refractivity contribution in [1.82, 2.24) is 9.97 Å². The predicted octanol–water partition coefficient (Wildman–Crippen LogP) is 4.25. The first kappa shape index (κ1) is 16.8. The Balaban J connectivity index is 1.70. The molecule has 0 atom stereocenters. The van der Waals surface area contributed by atoms with Gasteiger partial charge in [0.05, 0.1) is 28.2 Å². The number of alkyl halides is 3. The van der Waals surface area contributed by atoms with Gasteiger partial charge in [0, 0.05) is 18.7 Å². The summed E-state index contributed by atoms with van der Waals surface area (Å²) >= 11 is 0. The van der Waals surface area contributed by atoms with E-state index in [0.717, 1.165) is 12.1 Å². The summed E-state index contributed by atoms with van der Waals surface area (Å²) in [6.45, 7) is 0.325. The number of nitrogens with one attached hydrogen (secondary N) is 2. The van der Waals surface area contributed by atoms with Crippen molar-refractivity contribution in [2.45, 2.75) is 12.6 Å². The molecule has 0 amide bonds. The molecular formula is C17H12F4N4. The largest absolute Gasteiger partial charge is 0.417 e. The van der Waals surface area contributed by atoms with Gasteiger partial charge in [-0.3, -0.25) is 0 Å². The molecule has 8 heteroatoms. The number of nitrogens with zero attached hydrogens (tertiary/aromatic N) is 2. The second kappa shape index (κ2) is 6.43. The summed E-state index contributed by atoms with van der Waals surface area (Å²) in [5, 5.41) is 11.6. The zero-order valence-corrected chi connectivity index (χ0v) is 12.8. The molecule has 0 saturated carbocycles. The highest BCUT2D eigenvalue weighted by Gasteiger charge is 2.33. The second-order valence-corrected chi connectivity index (χ2v) is 5.39. The maximum Gasteiger partial charge on any atom is 0.417 e. The molecule has 2 N–H and O–H groups in total. The van der Waals surface area contributed by atoms with E-state index in [9.17, 15) is 17.6 Å². The molecule has 0 bridgehead atoms. The number of H-pyrrole nitrogens is 1. The lowest BCUT2D eigenvalue weighted by atomic mass is 10.1.